The summed E-state index contributed by atoms with van der Waals surface area (Å²) in [5.41, 5.74) is 2.03. The third-order valence-electron chi connectivity index (χ3n) is 3.45. The van der Waals surface area contributed by atoms with E-state index in [1.54, 1.807) is 0 Å². The molecule has 1 aromatic rings. The zero-order chi connectivity index (χ0) is 13.1. The standard InChI is InChI=1S/C14H17BrINO/c1-10-4-2-6-12(13(10)16)14(18)17-7-3-5-11(8-15)9-17/h2,4,6,11H,3,5,7-9H2,1H3. The van der Waals surface area contributed by atoms with Gasteiger partial charge in [0.05, 0.1) is 5.56 Å². The van der Waals surface area contributed by atoms with Crippen LogP contribution in [0.4, 0.5) is 0 Å². The minimum atomic E-state index is 0.189. The smallest absolute Gasteiger partial charge is 0.254 e. The van der Waals surface area contributed by atoms with Gasteiger partial charge in [0.1, 0.15) is 0 Å². The number of aryl methyl sites for hydroxylation is 1. The SMILES string of the molecule is Cc1cccc(C(=O)N2CCCC(CBr)C2)c1I. The Hall–Kier alpha value is -0.100. The van der Waals surface area contributed by atoms with E-state index in [1.165, 1.54) is 12.0 Å². The summed E-state index contributed by atoms with van der Waals surface area (Å²) in [6.07, 6.45) is 2.34. The average Bonchev–Trinajstić information content (AvgIpc) is 2.41. The summed E-state index contributed by atoms with van der Waals surface area (Å²) in [5.74, 6) is 0.791. The quantitative estimate of drug-likeness (QED) is 0.524. The van der Waals surface area contributed by atoms with E-state index in [0.29, 0.717) is 5.92 Å². The van der Waals surface area contributed by atoms with Crippen LogP contribution < -0.4 is 0 Å². The molecule has 98 valence electrons. The molecule has 0 radical (unpaired) electrons. The Morgan fingerprint density at radius 2 is 2.33 bits per heavy atom. The number of hydrogen-bond donors (Lipinski definition) is 0. The first-order chi connectivity index (χ1) is 8.63. The summed E-state index contributed by atoms with van der Waals surface area (Å²) in [4.78, 5) is 14.5. The van der Waals surface area contributed by atoms with E-state index >= 15 is 0 Å². The fraction of sp³-hybridized carbons (Fsp3) is 0.500. The number of nitrogens with zero attached hydrogens (tertiary/aromatic N) is 1. The highest BCUT2D eigenvalue weighted by molar-refractivity contribution is 14.1. The van der Waals surface area contributed by atoms with Crippen molar-refractivity contribution < 1.29 is 4.79 Å². The average molecular weight is 422 g/mol. The van der Waals surface area contributed by atoms with E-state index in [2.05, 4.69) is 51.5 Å². The third kappa shape index (κ3) is 3.07. The number of carbonyl (C=O) groups is 1. The molecule has 2 nitrogen and oxygen atoms in total. The first-order valence-electron chi connectivity index (χ1n) is 6.24. The van der Waals surface area contributed by atoms with Gasteiger partial charge in [-0.05, 0) is 59.9 Å². The zero-order valence-corrected chi connectivity index (χ0v) is 14.2. The summed E-state index contributed by atoms with van der Waals surface area (Å²) < 4.78 is 1.08. The summed E-state index contributed by atoms with van der Waals surface area (Å²) in [6.45, 7) is 3.83. The van der Waals surface area contributed by atoms with Crippen molar-refractivity contribution in [3.63, 3.8) is 0 Å². The van der Waals surface area contributed by atoms with Gasteiger partial charge in [-0.2, -0.15) is 0 Å². The molecule has 0 aromatic heterocycles. The molecule has 0 bridgehead atoms. The molecule has 0 spiro atoms. The Bertz CT molecular complexity index is 449. The van der Waals surface area contributed by atoms with E-state index in [-0.39, 0.29) is 5.91 Å². The van der Waals surface area contributed by atoms with Crippen LogP contribution in [-0.4, -0.2) is 29.2 Å². The lowest BCUT2D eigenvalue weighted by Gasteiger charge is -2.32. The van der Waals surface area contributed by atoms with Gasteiger partial charge in [0, 0.05) is 22.0 Å². The van der Waals surface area contributed by atoms with Gasteiger partial charge in [0.15, 0.2) is 0 Å². The first-order valence-corrected chi connectivity index (χ1v) is 8.44. The van der Waals surface area contributed by atoms with Crippen molar-refractivity contribution in [2.75, 3.05) is 18.4 Å². The number of likely N-dealkylation sites (tertiary alicyclic amines) is 1. The molecule has 4 heteroatoms. The van der Waals surface area contributed by atoms with Gasteiger partial charge in [-0.3, -0.25) is 4.79 Å². The van der Waals surface area contributed by atoms with Crippen LogP contribution in [-0.2, 0) is 0 Å². The number of halogens is 2. The third-order valence-corrected chi connectivity index (χ3v) is 5.79. The van der Waals surface area contributed by atoms with Crippen LogP contribution in [0.3, 0.4) is 0 Å². The lowest BCUT2D eigenvalue weighted by atomic mass is 9.99. The molecule has 1 atom stereocenters. The molecule has 18 heavy (non-hydrogen) atoms. The second kappa shape index (κ2) is 6.37. The first kappa shape index (κ1) is 14.3. The Morgan fingerprint density at radius 1 is 1.56 bits per heavy atom. The Balaban J connectivity index is 2.18. The fourth-order valence-electron chi connectivity index (χ4n) is 2.36. The zero-order valence-electron chi connectivity index (χ0n) is 10.5. The number of piperidine rings is 1. The Labute approximate surface area is 130 Å². The Morgan fingerprint density at radius 3 is 3.06 bits per heavy atom. The molecule has 0 aliphatic carbocycles. The topological polar surface area (TPSA) is 20.3 Å². The van der Waals surface area contributed by atoms with Crippen LogP contribution in [0.1, 0.15) is 28.8 Å². The number of carbonyl (C=O) groups excluding carboxylic acids is 1. The van der Waals surface area contributed by atoms with Crippen LogP contribution in [0.2, 0.25) is 0 Å². The van der Waals surface area contributed by atoms with Crippen molar-refractivity contribution in [1.82, 2.24) is 4.90 Å². The highest BCUT2D eigenvalue weighted by atomic mass is 127. The molecule has 1 saturated heterocycles. The number of alkyl halides is 1. The van der Waals surface area contributed by atoms with Gasteiger partial charge in [-0.1, -0.05) is 28.1 Å². The van der Waals surface area contributed by atoms with Crippen LogP contribution in [0, 0.1) is 16.4 Å². The second-order valence-electron chi connectivity index (χ2n) is 4.85. The molecule has 1 aliphatic rings. The highest BCUT2D eigenvalue weighted by Gasteiger charge is 2.25. The number of benzene rings is 1. The van der Waals surface area contributed by atoms with E-state index < -0.39 is 0 Å². The van der Waals surface area contributed by atoms with Crippen molar-refractivity contribution in [2.24, 2.45) is 5.92 Å². The maximum absolute atomic E-state index is 12.5. The van der Waals surface area contributed by atoms with Crippen LogP contribution in [0.25, 0.3) is 0 Å². The van der Waals surface area contributed by atoms with Gasteiger partial charge < -0.3 is 4.90 Å². The second-order valence-corrected chi connectivity index (χ2v) is 6.58. The van der Waals surface area contributed by atoms with Gasteiger partial charge >= 0.3 is 0 Å². The van der Waals surface area contributed by atoms with Gasteiger partial charge in [0.25, 0.3) is 5.91 Å². The van der Waals surface area contributed by atoms with Crippen molar-refractivity contribution in [1.29, 1.82) is 0 Å². The lowest BCUT2D eigenvalue weighted by Crippen LogP contribution is -2.40. The molecular formula is C14H17BrINO. The minimum absolute atomic E-state index is 0.189. The number of amides is 1. The molecule has 1 amide bonds. The van der Waals surface area contributed by atoms with Crippen LogP contribution >= 0.6 is 38.5 Å². The fourth-order valence-corrected chi connectivity index (χ4v) is 3.48. The molecular weight excluding hydrogens is 405 g/mol. The Kier molecular flexibility index (Phi) is 5.06. The molecule has 0 saturated carbocycles. The minimum Gasteiger partial charge on any atom is -0.338 e. The lowest BCUT2D eigenvalue weighted by molar-refractivity contribution is 0.0685. The molecule has 2 rings (SSSR count). The maximum atomic E-state index is 12.5. The highest BCUT2D eigenvalue weighted by Crippen LogP contribution is 2.23. The van der Waals surface area contributed by atoms with E-state index in [0.717, 1.165) is 34.0 Å². The van der Waals surface area contributed by atoms with Crippen molar-refractivity contribution in [2.45, 2.75) is 19.8 Å². The molecule has 1 aliphatic heterocycles. The summed E-state index contributed by atoms with van der Waals surface area (Å²) in [6, 6.07) is 5.96. The normalized spacial score (nSPS) is 19.9. The number of hydrogen-bond acceptors (Lipinski definition) is 1. The van der Waals surface area contributed by atoms with Crippen molar-refractivity contribution in [3.05, 3.63) is 32.9 Å². The summed E-state index contributed by atoms with van der Waals surface area (Å²) in [7, 11) is 0. The van der Waals surface area contributed by atoms with Crippen molar-refractivity contribution in [3.8, 4) is 0 Å². The molecule has 1 fully saturated rings. The predicted molar refractivity (Wildman–Crippen MR) is 86.3 cm³/mol. The van der Waals surface area contributed by atoms with Gasteiger partial charge in [-0.15, -0.1) is 0 Å². The number of rotatable bonds is 2. The monoisotopic (exact) mass is 421 g/mol. The van der Waals surface area contributed by atoms with Crippen LogP contribution in [0.15, 0.2) is 18.2 Å². The molecule has 1 heterocycles. The predicted octanol–water partition coefficient (Wildman–Crippen LogP) is 3.85. The van der Waals surface area contributed by atoms with E-state index in [4.69, 9.17) is 0 Å². The van der Waals surface area contributed by atoms with Gasteiger partial charge in [0.2, 0.25) is 0 Å². The molecule has 1 unspecified atom stereocenters. The summed E-state index contributed by atoms with van der Waals surface area (Å²) >= 11 is 5.80. The molecule has 0 N–H and O–H groups in total. The van der Waals surface area contributed by atoms with Crippen LogP contribution in [0.5, 0.6) is 0 Å². The van der Waals surface area contributed by atoms with Crippen molar-refractivity contribution >= 4 is 44.4 Å². The molecule has 1 aromatic carbocycles. The van der Waals surface area contributed by atoms with E-state index in [1.807, 2.05) is 17.0 Å². The van der Waals surface area contributed by atoms with E-state index in [9.17, 15) is 4.79 Å². The maximum Gasteiger partial charge on any atom is 0.254 e. The van der Waals surface area contributed by atoms with Gasteiger partial charge in [-0.25, -0.2) is 0 Å². The summed E-state index contributed by atoms with van der Waals surface area (Å²) in [5, 5.41) is 0.988. The largest absolute Gasteiger partial charge is 0.338 e.